The van der Waals surface area contributed by atoms with Gasteiger partial charge in [0.1, 0.15) is 5.75 Å². The minimum absolute atomic E-state index is 0.475. The van der Waals surface area contributed by atoms with Crippen LogP contribution in [0.2, 0.25) is 0 Å². The SMILES string of the molecule is Cc1ccc(Oc2cnc(CNCC(C)C)cn2)cn1. The molecule has 5 heteroatoms. The smallest absolute Gasteiger partial charge is 0.237 e. The second kappa shape index (κ2) is 6.96. The Morgan fingerprint density at radius 1 is 1.10 bits per heavy atom. The standard InChI is InChI=1S/C15H20N4O/c1-11(2)6-16-7-13-8-19-15(10-18-13)20-14-5-4-12(3)17-9-14/h4-5,8-11,16H,6-7H2,1-3H3. The summed E-state index contributed by atoms with van der Waals surface area (Å²) in [5.41, 5.74) is 1.86. The van der Waals surface area contributed by atoms with Crippen LogP contribution in [-0.4, -0.2) is 21.5 Å². The molecular weight excluding hydrogens is 252 g/mol. The third kappa shape index (κ3) is 4.59. The van der Waals surface area contributed by atoms with E-state index in [1.54, 1.807) is 18.6 Å². The highest BCUT2D eigenvalue weighted by atomic mass is 16.5. The Hall–Kier alpha value is -2.01. The Labute approximate surface area is 119 Å². The molecule has 0 aliphatic heterocycles. The van der Waals surface area contributed by atoms with Crippen LogP contribution in [0.1, 0.15) is 25.2 Å². The summed E-state index contributed by atoms with van der Waals surface area (Å²) in [6, 6.07) is 3.76. The van der Waals surface area contributed by atoms with Gasteiger partial charge in [-0.15, -0.1) is 0 Å². The van der Waals surface area contributed by atoms with Gasteiger partial charge in [0.2, 0.25) is 5.88 Å². The zero-order valence-corrected chi connectivity index (χ0v) is 12.1. The molecule has 0 bridgehead atoms. The number of hydrogen-bond acceptors (Lipinski definition) is 5. The van der Waals surface area contributed by atoms with Crippen molar-refractivity contribution in [3.05, 3.63) is 42.1 Å². The number of hydrogen-bond donors (Lipinski definition) is 1. The fourth-order valence-electron chi connectivity index (χ4n) is 1.61. The Balaban J connectivity index is 1.89. The van der Waals surface area contributed by atoms with E-state index in [4.69, 9.17) is 4.74 Å². The lowest BCUT2D eigenvalue weighted by molar-refractivity contribution is 0.456. The van der Waals surface area contributed by atoms with Gasteiger partial charge < -0.3 is 10.1 Å². The molecule has 0 aromatic carbocycles. The van der Waals surface area contributed by atoms with Crippen molar-refractivity contribution in [3.8, 4) is 11.6 Å². The Morgan fingerprint density at radius 2 is 1.95 bits per heavy atom. The minimum atomic E-state index is 0.475. The molecule has 1 N–H and O–H groups in total. The van der Waals surface area contributed by atoms with E-state index in [9.17, 15) is 0 Å². The molecule has 0 saturated carbocycles. The van der Waals surface area contributed by atoms with Crippen LogP contribution in [0, 0.1) is 12.8 Å². The molecule has 2 aromatic heterocycles. The van der Waals surface area contributed by atoms with Crippen molar-refractivity contribution in [2.75, 3.05) is 6.54 Å². The van der Waals surface area contributed by atoms with E-state index in [1.165, 1.54) is 0 Å². The highest BCUT2D eigenvalue weighted by molar-refractivity contribution is 5.24. The summed E-state index contributed by atoms with van der Waals surface area (Å²) in [7, 11) is 0. The fraction of sp³-hybridized carbons (Fsp3) is 0.400. The summed E-state index contributed by atoms with van der Waals surface area (Å²) in [6.07, 6.45) is 5.03. The molecule has 2 aromatic rings. The minimum Gasteiger partial charge on any atom is -0.436 e. The van der Waals surface area contributed by atoms with E-state index in [0.717, 1.165) is 24.5 Å². The van der Waals surface area contributed by atoms with Crippen molar-refractivity contribution in [2.45, 2.75) is 27.3 Å². The number of nitrogens with one attached hydrogen (secondary N) is 1. The first-order valence-corrected chi connectivity index (χ1v) is 6.75. The molecular formula is C15H20N4O. The topological polar surface area (TPSA) is 59.9 Å². The van der Waals surface area contributed by atoms with Crippen LogP contribution < -0.4 is 10.1 Å². The zero-order chi connectivity index (χ0) is 14.4. The van der Waals surface area contributed by atoms with Crippen LogP contribution in [0.15, 0.2) is 30.7 Å². The first-order valence-electron chi connectivity index (χ1n) is 6.75. The molecule has 0 fully saturated rings. The van der Waals surface area contributed by atoms with E-state index in [1.807, 2.05) is 19.1 Å². The summed E-state index contributed by atoms with van der Waals surface area (Å²) < 4.78 is 5.57. The Kier molecular flexibility index (Phi) is 5.01. The van der Waals surface area contributed by atoms with E-state index < -0.39 is 0 Å². The first-order chi connectivity index (χ1) is 9.63. The number of nitrogens with zero attached hydrogens (tertiary/aromatic N) is 3. The molecule has 2 heterocycles. The van der Waals surface area contributed by atoms with Crippen molar-refractivity contribution in [1.82, 2.24) is 20.3 Å². The van der Waals surface area contributed by atoms with Crippen LogP contribution in [0.25, 0.3) is 0 Å². The molecule has 0 aliphatic rings. The van der Waals surface area contributed by atoms with Gasteiger partial charge >= 0.3 is 0 Å². The van der Waals surface area contributed by atoms with Crippen LogP contribution in [0.3, 0.4) is 0 Å². The number of ether oxygens (including phenoxy) is 1. The maximum atomic E-state index is 5.57. The lowest BCUT2D eigenvalue weighted by atomic mass is 10.2. The predicted molar refractivity (Wildman–Crippen MR) is 77.6 cm³/mol. The molecule has 0 radical (unpaired) electrons. The quantitative estimate of drug-likeness (QED) is 0.876. The van der Waals surface area contributed by atoms with Gasteiger partial charge in [0, 0.05) is 12.2 Å². The summed E-state index contributed by atoms with van der Waals surface area (Å²) >= 11 is 0. The van der Waals surface area contributed by atoms with E-state index >= 15 is 0 Å². The largest absolute Gasteiger partial charge is 0.436 e. The summed E-state index contributed by atoms with van der Waals surface area (Å²) in [5.74, 6) is 1.76. The van der Waals surface area contributed by atoms with E-state index in [-0.39, 0.29) is 0 Å². The monoisotopic (exact) mass is 272 g/mol. The van der Waals surface area contributed by atoms with Crippen molar-refractivity contribution < 1.29 is 4.74 Å². The zero-order valence-electron chi connectivity index (χ0n) is 12.1. The van der Waals surface area contributed by atoms with Gasteiger partial charge in [-0.3, -0.25) is 9.97 Å². The summed E-state index contributed by atoms with van der Waals surface area (Å²) in [5, 5.41) is 3.32. The molecule has 0 spiro atoms. The molecule has 0 atom stereocenters. The lowest BCUT2D eigenvalue weighted by Crippen LogP contribution is -2.19. The third-order valence-corrected chi connectivity index (χ3v) is 2.65. The highest BCUT2D eigenvalue weighted by Gasteiger charge is 2.01. The fourth-order valence-corrected chi connectivity index (χ4v) is 1.61. The second-order valence-electron chi connectivity index (χ2n) is 5.11. The Bertz CT molecular complexity index is 523. The van der Waals surface area contributed by atoms with Crippen LogP contribution in [-0.2, 0) is 6.54 Å². The van der Waals surface area contributed by atoms with Crippen molar-refractivity contribution in [2.24, 2.45) is 5.92 Å². The molecule has 2 rings (SSSR count). The normalized spacial score (nSPS) is 10.8. The van der Waals surface area contributed by atoms with E-state index in [0.29, 0.717) is 17.5 Å². The molecule has 0 saturated heterocycles. The molecule has 20 heavy (non-hydrogen) atoms. The predicted octanol–water partition coefficient (Wildman–Crippen LogP) is 2.72. The number of aryl methyl sites for hydroxylation is 1. The Morgan fingerprint density at radius 3 is 2.55 bits per heavy atom. The van der Waals surface area contributed by atoms with Gasteiger partial charge in [0.25, 0.3) is 0 Å². The highest BCUT2D eigenvalue weighted by Crippen LogP contribution is 2.17. The molecule has 0 amide bonds. The number of rotatable bonds is 6. The number of pyridine rings is 1. The maximum Gasteiger partial charge on any atom is 0.237 e. The van der Waals surface area contributed by atoms with Crippen molar-refractivity contribution >= 4 is 0 Å². The summed E-state index contributed by atoms with van der Waals surface area (Å²) in [6.45, 7) is 7.96. The van der Waals surface area contributed by atoms with Crippen LogP contribution in [0.5, 0.6) is 11.6 Å². The average Bonchev–Trinajstić information content (AvgIpc) is 2.43. The molecule has 0 aliphatic carbocycles. The second-order valence-corrected chi connectivity index (χ2v) is 5.11. The van der Waals surface area contributed by atoms with Gasteiger partial charge in [-0.25, -0.2) is 4.98 Å². The third-order valence-electron chi connectivity index (χ3n) is 2.65. The van der Waals surface area contributed by atoms with Gasteiger partial charge in [0.05, 0.1) is 24.3 Å². The summed E-state index contributed by atoms with van der Waals surface area (Å²) in [4.78, 5) is 12.7. The van der Waals surface area contributed by atoms with Crippen LogP contribution >= 0.6 is 0 Å². The van der Waals surface area contributed by atoms with Gasteiger partial charge in [0.15, 0.2) is 0 Å². The first kappa shape index (κ1) is 14.4. The van der Waals surface area contributed by atoms with E-state index in [2.05, 4.69) is 34.1 Å². The number of aromatic nitrogens is 3. The van der Waals surface area contributed by atoms with Crippen molar-refractivity contribution in [3.63, 3.8) is 0 Å². The lowest BCUT2D eigenvalue weighted by Gasteiger charge is -2.07. The van der Waals surface area contributed by atoms with Gasteiger partial charge in [-0.2, -0.15) is 0 Å². The molecule has 106 valence electrons. The van der Waals surface area contributed by atoms with Crippen molar-refractivity contribution in [1.29, 1.82) is 0 Å². The average molecular weight is 272 g/mol. The molecule has 5 nitrogen and oxygen atoms in total. The maximum absolute atomic E-state index is 5.57. The van der Waals surface area contributed by atoms with Crippen LogP contribution in [0.4, 0.5) is 0 Å². The van der Waals surface area contributed by atoms with Gasteiger partial charge in [-0.1, -0.05) is 13.8 Å². The van der Waals surface area contributed by atoms with Gasteiger partial charge in [-0.05, 0) is 31.5 Å². The molecule has 0 unspecified atom stereocenters.